The van der Waals surface area contributed by atoms with E-state index in [1.807, 2.05) is 0 Å². The summed E-state index contributed by atoms with van der Waals surface area (Å²) in [5.74, 6) is -0.0565. The van der Waals surface area contributed by atoms with Crippen molar-refractivity contribution in [3.8, 4) is 0 Å². The molecule has 8 heteroatoms. The van der Waals surface area contributed by atoms with Gasteiger partial charge in [0.15, 0.2) is 9.84 Å². The Morgan fingerprint density at radius 2 is 1.97 bits per heavy atom. The fourth-order valence-electron chi connectivity index (χ4n) is 4.22. The first-order valence-corrected chi connectivity index (χ1v) is 12.8. The zero-order valence-corrected chi connectivity index (χ0v) is 19.4. The van der Waals surface area contributed by atoms with Crippen molar-refractivity contribution < 1.29 is 18.0 Å². The minimum absolute atomic E-state index is 0.0181. The SMILES string of the molecule is CCC(=O)N1CCc2cc(Br)c(S(=O)(=O)CCC(=O)NC3CCCCC3C)cc21. The van der Waals surface area contributed by atoms with Crippen molar-refractivity contribution in [2.24, 2.45) is 5.92 Å². The molecule has 1 aromatic carbocycles. The molecule has 0 aromatic heterocycles. The van der Waals surface area contributed by atoms with E-state index >= 15 is 0 Å². The van der Waals surface area contributed by atoms with Gasteiger partial charge in [0.25, 0.3) is 0 Å². The van der Waals surface area contributed by atoms with E-state index in [0.29, 0.717) is 35.5 Å². The number of nitrogens with one attached hydrogen (secondary N) is 1. The highest BCUT2D eigenvalue weighted by molar-refractivity contribution is 9.10. The van der Waals surface area contributed by atoms with Crippen LogP contribution in [-0.2, 0) is 25.8 Å². The van der Waals surface area contributed by atoms with E-state index in [-0.39, 0.29) is 34.9 Å². The van der Waals surface area contributed by atoms with Gasteiger partial charge in [0, 0.05) is 35.6 Å². The molecule has 0 spiro atoms. The van der Waals surface area contributed by atoms with Gasteiger partial charge in [0.2, 0.25) is 11.8 Å². The molecule has 1 saturated carbocycles. The number of fused-ring (bicyclic) bond motifs is 1. The topological polar surface area (TPSA) is 83.6 Å². The molecular weight excluding hydrogens is 456 g/mol. The largest absolute Gasteiger partial charge is 0.353 e. The van der Waals surface area contributed by atoms with Crippen LogP contribution in [0.25, 0.3) is 0 Å². The molecule has 2 atom stereocenters. The van der Waals surface area contributed by atoms with Crippen molar-refractivity contribution in [2.75, 3.05) is 17.2 Å². The van der Waals surface area contributed by atoms with Crippen LogP contribution in [0, 0.1) is 5.92 Å². The first-order chi connectivity index (χ1) is 13.7. The quantitative estimate of drug-likeness (QED) is 0.668. The number of hydrogen-bond acceptors (Lipinski definition) is 4. The highest BCUT2D eigenvalue weighted by Gasteiger charge is 2.29. The van der Waals surface area contributed by atoms with E-state index in [1.165, 1.54) is 6.42 Å². The zero-order chi connectivity index (χ0) is 21.2. The first kappa shape index (κ1) is 22.3. The molecule has 2 amide bonds. The normalized spacial score (nSPS) is 21.7. The summed E-state index contributed by atoms with van der Waals surface area (Å²) >= 11 is 3.37. The number of carbonyl (C=O) groups excluding carboxylic acids is 2. The van der Waals surface area contributed by atoms with Gasteiger partial charge in [-0.3, -0.25) is 9.59 Å². The summed E-state index contributed by atoms with van der Waals surface area (Å²) in [4.78, 5) is 26.3. The van der Waals surface area contributed by atoms with Crippen LogP contribution in [0.4, 0.5) is 5.69 Å². The third-order valence-electron chi connectivity index (χ3n) is 6.02. The van der Waals surface area contributed by atoms with Gasteiger partial charge in [-0.2, -0.15) is 0 Å². The smallest absolute Gasteiger partial charge is 0.226 e. The first-order valence-electron chi connectivity index (χ1n) is 10.4. The van der Waals surface area contributed by atoms with Crippen LogP contribution in [0.2, 0.25) is 0 Å². The monoisotopic (exact) mass is 484 g/mol. The highest BCUT2D eigenvalue weighted by atomic mass is 79.9. The maximum absolute atomic E-state index is 12.9. The van der Waals surface area contributed by atoms with Crippen molar-refractivity contribution in [1.29, 1.82) is 0 Å². The van der Waals surface area contributed by atoms with E-state index in [4.69, 9.17) is 0 Å². The third kappa shape index (κ3) is 5.02. The summed E-state index contributed by atoms with van der Waals surface area (Å²) in [7, 11) is -3.66. The Balaban J connectivity index is 1.71. The van der Waals surface area contributed by atoms with Gasteiger partial charge >= 0.3 is 0 Å². The number of sulfone groups is 1. The van der Waals surface area contributed by atoms with Gasteiger partial charge in [-0.1, -0.05) is 26.7 Å². The van der Waals surface area contributed by atoms with E-state index in [2.05, 4.69) is 28.2 Å². The molecule has 2 unspecified atom stereocenters. The van der Waals surface area contributed by atoms with Gasteiger partial charge in [-0.05, 0) is 58.8 Å². The Bertz CT molecular complexity index is 900. The molecule has 0 radical (unpaired) electrons. The van der Waals surface area contributed by atoms with Crippen molar-refractivity contribution in [3.05, 3.63) is 22.2 Å². The number of anilines is 1. The Hall–Kier alpha value is -1.41. The number of hydrogen-bond donors (Lipinski definition) is 1. The van der Waals surface area contributed by atoms with Crippen molar-refractivity contribution >= 4 is 43.3 Å². The van der Waals surface area contributed by atoms with Gasteiger partial charge in [0.05, 0.1) is 10.6 Å². The molecule has 29 heavy (non-hydrogen) atoms. The molecule has 1 aromatic rings. The number of carbonyl (C=O) groups is 2. The molecule has 1 aliphatic carbocycles. The lowest BCUT2D eigenvalue weighted by molar-refractivity contribution is -0.122. The van der Waals surface area contributed by atoms with Crippen LogP contribution in [0.3, 0.4) is 0 Å². The fourth-order valence-corrected chi connectivity index (χ4v) is 6.67. The number of benzene rings is 1. The third-order valence-corrected chi connectivity index (χ3v) is 8.69. The van der Waals surface area contributed by atoms with Crippen LogP contribution in [0.1, 0.15) is 57.9 Å². The lowest BCUT2D eigenvalue weighted by Gasteiger charge is -2.29. The Morgan fingerprint density at radius 1 is 1.24 bits per heavy atom. The molecule has 3 rings (SSSR count). The summed E-state index contributed by atoms with van der Waals surface area (Å²) in [5, 5.41) is 3.01. The summed E-state index contributed by atoms with van der Waals surface area (Å²) in [6, 6.07) is 3.50. The highest BCUT2D eigenvalue weighted by Crippen LogP contribution is 2.36. The Morgan fingerprint density at radius 3 is 2.66 bits per heavy atom. The summed E-state index contributed by atoms with van der Waals surface area (Å²) in [5.41, 5.74) is 1.63. The predicted octanol–water partition coefficient (Wildman–Crippen LogP) is 3.61. The van der Waals surface area contributed by atoms with Crippen LogP contribution >= 0.6 is 15.9 Å². The molecule has 0 bridgehead atoms. The van der Waals surface area contributed by atoms with Gasteiger partial charge in [-0.25, -0.2) is 8.42 Å². The molecule has 0 saturated heterocycles. The van der Waals surface area contributed by atoms with Crippen LogP contribution in [-0.4, -0.2) is 38.6 Å². The molecule has 1 fully saturated rings. The summed E-state index contributed by atoms with van der Waals surface area (Å²) in [6.45, 7) is 4.49. The second-order valence-electron chi connectivity index (χ2n) is 8.06. The fraction of sp³-hybridized carbons (Fsp3) is 0.619. The maximum Gasteiger partial charge on any atom is 0.226 e. The van der Waals surface area contributed by atoms with Crippen molar-refractivity contribution in [3.63, 3.8) is 0 Å². The number of amides is 2. The number of halogens is 1. The van der Waals surface area contributed by atoms with Gasteiger partial charge in [-0.15, -0.1) is 0 Å². The second kappa shape index (κ2) is 9.16. The standard InChI is InChI=1S/C21H29BrN2O4S/c1-3-21(26)24-10-8-15-12-16(22)19(13-18(15)24)29(27,28)11-9-20(25)23-17-7-5-4-6-14(17)2/h12-14,17H,3-11H2,1-2H3,(H,23,25). The minimum Gasteiger partial charge on any atom is -0.353 e. The average Bonchev–Trinajstić information content (AvgIpc) is 3.09. The van der Waals surface area contributed by atoms with E-state index < -0.39 is 9.84 Å². The van der Waals surface area contributed by atoms with Crippen molar-refractivity contribution in [2.45, 2.75) is 69.7 Å². The van der Waals surface area contributed by atoms with Crippen molar-refractivity contribution in [1.82, 2.24) is 5.32 Å². The second-order valence-corrected chi connectivity index (χ2v) is 11.0. The zero-order valence-electron chi connectivity index (χ0n) is 17.0. The van der Waals surface area contributed by atoms with Crippen LogP contribution in [0.15, 0.2) is 21.5 Å². The molecule has 1 heterocycles. The van der Waals surface area contributed by atoms with E-state index in [1.54, 1.807) is 24.0 Å². The van der Waals surface area contributed by atoms with Crippen LogP contribution < -0.4 is 10.2 Å². The molecule has 6 nitrogen and oxygen atoms in total. The Labute approximate surface area is 181 Å². The lowest BCUT2D eigenvalue weighted by atomic mass is 9.86. The van der Waals surface area contributed by atoms with E-state index in [0.717, 1.165) is 24.8 Å². The maximum atomic E-state index is 12.9. The summed E-state index contributed by atoms with van der Waals surface area (Å²) in [6.07, 6.45) is 5.36. The molecule has 160 valence electrons. The summed E-state index contributed by atoms with van der Waals surface area (Å²) < 4.78 is 26.4. The molecular formula is C21H29BrN2O4S. The number of rotatable bonds is 6. The Kier molecular flexibility index (Phi) is 7.04. The van der Waals surface area contributed by atoms with Gasteiger partial charge in [0.1, 0.15) is 0 Å². The molecule has 2 aliphatic rings. The van der Waals surface area contributed by atoms with Gasteiger partial charge < -0.3 is 10.2 Å². The molecule has 1 aliphatic heterocycles. The van der Waals surface area contributed by atoms with Crippen LogP contribution in [0.5, 0.6) is 0 Å². The minimum atomic E-state index is -3.66. The predicted molar refractivity (Wildman–Crippen MR) is 117 cm³/mol. The van der Waals surface area contributed by atoms with E-state index in [9.17, 15) is 18.0 Å². The average molecular weight is 485 g/mol. The number of nitrogens with zero attached hydrogens (tertiary/aromatic N) is 1. The molecule has 1 N–H and O–H groups in total. The lowest BCUT2D eigenvalue weighted by Crippen LogP contribution is -2.41.